The fraction of sp³-hybridized carbons (Fsp3) is 0.286. The van der Waals surface area contributed by atoms with Crippen molar-refractivity contribution in [2.24, 2.45) is 0 Å². The van der Waals surface area contributed by atoms with Gasteiger partial charge >= 0.3 is 0 Å². The van der Waals surface area contributed by atoms with Gasteiger partial charge in [0, 0.05) is 44.0 Å². The summed E-state index contributed by atoms with van der Waals surface area (Å²) in [5.41, 5.74) is 3.37. The average molecular weight is 612 g/mol. The Morgan fingerprint density at radius 1 is 0.818 bits per heavy atom. The Hall–Kier alpha value is -4.02. The lowest BCUT2D eigenvalue weighted by Crippen LogP contribution is -2.49. The summed E-state index contributed by atoms with van der Waals surface area (Å²) < 4.78 is 40.0. The van der Waals surface area contributed by atoms with Crippen molar-refractivity contribution in [3.8, 4) is 5.75 Å². The van der Waals surface area contributed by atoms with Gasteiger partial charge in [-0.3, -0.25) is 9.69 Å². The number of carbonyl (C=O) groups excluding carboxylic acids is 1. The fourth-order valence-electron chi connectivity index (χ4n) is 5.82. The van der Waals surface area contributed by atoms with Crippen molar-refractivity contribution in [3.63, 3.8) is 0 Å². The molecule has 2 saturated heterocycles. The molecule has 1 N–H and O–H groups in total. The topological polar surface area (TPSA) is 88.2 Å². The molecule has 2 aliphatic rings. The van der Waals surface area contributed by atoms with Crippen molar-refractivity contribution < 1.29 is 22.7 Å². The van der Waals surface area contributed by atoms with Gasteiger partial charge in [-0.25, -0.2) is 8.42 Å². The quantitative estimate of drug-likeness (QED) is 0.252. The Bertz CT molecular complexity index is 1580. The van der Waals surface area contributed by atoms with Gasteiger partial charge in [0.05, 0.1) is 17.0 Å². The van der Waals surface area contributed by atoms with Gasteiger partial charge in [0.25, 0.3) is 5.91 Å². The maximum absolute atomic E-state index is 13.5. The van der Waals surface area contributed by atoms with E-state index in [2.05, 4.69) is 34.5 Å². The fourth-order valence-corrected chi connectivity index (χ4v) is 7.24. The van der Waals surface area contributed by atoms with Crippen LogP contribution in [0.4, 0.5) is 5.69 Å². The first-order chi connectivity index (χ1) is 21.5. The number of nitrogens with zero attached hydrogens (tertiary/aromatic N) is 2. The number of benzene rings is 4. The van der Waals surface area contributed by atoms with Crippen molar-refractivity contribution in [1.29, 1.82) is 0 Å². The molecule has 0 saturated carbocycles. The van der Waals surface area contributed by atoms with E-state index in [0.717, 1.165) is 19.4 Å². The number of hydrogen-bond acceptors (Lipinski definition) is 6. The van der Waals surface area contributed by atoms with E-state index in [9.17, 15) is 13.2 Å². The van der Waals surface area contributed by atoms with Crippen molar-refractivity contribution in [3.05, 3.63) is 126 Å². The van der Waals surface area contributed by atoms with Crippen LogP contribution in [0.5, 0.6) is 5.75 Å². The van der Waals surface area contributed by atoms with Crippen LogP contribution < -0.4 is 10.1 Å². The number of hydrogen-bond donors (Lipinski definition) is 1. The summed E-state index contributed by atoms with van der Waals surface area (Å²) in [6.07, 6.45) is 2.18. The molecule has 2 fully saturated rings. The zero-order chi connectivity index (χ0) is 30.4. The van der Waals surface area contributed by atoms with Crippen molar-refractivity contribution in [2.45, 2.75) is 29.9 Å². The second kappa shape index (κ2) is 13.7. The Balaban J connectivity index is 1.05. The Kier molecular flexibility index (Phi) is 9.37. The number of rotatable bonds is 10. The minimum absolute atomic E-state index is 0.0559. The largest absolute Gasteiger partial charge is 0.491 e. The third kappa shape index (κ3) is 7.03. The number of carbonyl (C=O) groups is 1. The number of amides is 1. The molecule has 2 heterocycles. The highest BCUT2D eigenvalue weighted by molar-refractivity contribution is 7.89. The van der Waals surface area contributed by atoms with E-state index in [-0.39, 0.29) is 22.9 Å². The number of anilines is 1. The average Bonchev–Trinajstić information content (AvgIpc) is 3.60. The monoisotopic (exact) mass is 611 g/mol. The zero-order valence-electron chi connectivity index (χ0n) is 24.5. The van der Waals surface area contributed by atoms with Crippen molar-refractivity contribution >= 4 is 21.6 Å². The lowest BCUT2D eigenvalue weighted by molar-refractivity contribution is 0.0679. The minimum atomic E-state index is -3.68. The first-order valence-electron chi connectivity index (χ1n) is 15.1. The van der Waals surface area contributed by atoms with Crippen LogP contribution in [0.15, 0.2) is 114 Å². The first kappa shape index (κ1) is 30.0. The van der Waals surface area contributed by atoms with Crippen LogP contribution in [0.2, 0.25) is 0 Å². The van der Waals surface area contributed by atoms with Gasteiger partial charge in [-0.1, -0.05) is 60.7 Å². The Labute approximate surface area is 259 Å². The molecule has 4 aromatic carbocycles. The number of ether oxygens (including phenoxy) is 2. The summed E-state index contributed by atoms with van der Waals surface area (Å²) in [5.74, 6) is 0.400. The molecule has 4 aromatic rings. The maximum atomic E-state index is 13.5. The number of nitrogens with one attached hydrogen (secondary N) is 1. The van der Waals surface area contributed by atoms with E-state index in [4.69, 9.17) is 9.47 Å². The summed E-state index contributed by atoms with van der Waals surface area (Å²) in [5, 5.41) is 2.85. The molecular formula is C35H37N3O5S. The van der Waals surface area contributed by atoms with Crippen LogP contribution in [-0.2, 0) is 14.8 Å². The Morgan fingerprint density at radius 2 is 1.43 bits per heavy atom. The summed E-state index contributed by atoms with van der Waals surface area (Å²) in [4.78, 5) is 15.4. The van der Waals surface area contributed by atoms with E-state index >= 15 is 0 Å². The van der Waals surface area contributed by atoms with E-state index in [0.29, 0.717) is 49.8 Å². The van der Waals surface area contributed by atoms with Crippen LogP contribution in [0.3, 0.4) is 0 Å². The molecule has 0 aliphatic carbocycles. The third-order valence-electron chi connectivity index (χ3n) is 8.20. The van der Waals surface area contributed by atoms with Gasteiger partial charge in [0.1, 0.15) is 12.4 Å². The molecule has 1 amide bonds. The first-order valence-corrected chi connectivity index (χ1v) is 16.5. The van der Waals surface area contributed by atoms with Crippen molar-refractivity contribution in [1.82, 2.24) is 9.21 Å². The highest BCUT2D eigenvalue weighted by atomic mass is 32.2. The highest BCUT2D eigenvalue weighted by Gasteiger charge is 2.32. The molecule has 228 valence electrons. The van der Waals surface area contributed by atoms with Crippen LogP contribution in [-0.4, -0.2) is 69.0 Å². The van der Waals surface area contributed by atoms with Gasteiger partial charge in [0.2, 0.25) is 10.0 Å². The second-order valence-electron chi connectivity index (χ2n) is 11.1. The highest BCUT2D eigenvalue weighted by Crippen LogP contribution is 2.30. The predicted molar refractivity (Wildman–Crippen MR) is 170 cm³/mol. The van der Waals surface area contributed by atoms with E-state index in [1.54, 1.807) is 52.8 Å². The number of piperazine rings is 1. The Morgan fingerprint density at radius 3 is 2.00 bits per heavy atom. The summed E-state index contributed by atoms with van der Waals surface area (Å²) in [6, 6.07) is 34.0. The zero-order valence-corrected chi connectivity index (χ0v) is 25.4. The molecule has 9 heteroatoms. The van der Waals surface area contributed by atoms with Crippen LogP contribution in [0, 0.1) is 0 Å². The van der Waals surface area contributed by atoms with E-state index < -0.39 is 10.0 Å². The predicted octanol–water partition coefficient (Wildman–Crippen LogP) is 5.59. The summed E-state index contributed by atoms with van der Waals surface area (Å²) in [7, 11) is -3.68. The second-order valence-corrected chi connectivity index (χ2v) is 13.1. The molecule has 0 spiro atoms. The van der Waals surface area contributed by atoms with Gasteiger partial charge in [-0.15, -0.1) is 0 Å². The molecule has 8 nitrogen and oxygen atoms in total. The maximum Gasteiger partial charge on any atom is 0.255 e. The van der Waals surface area contributed by atoms with Crippen LogP contribution in [0.25, 0.3) is 0 Å². The molecule has 0 radical (unpaired) electrons. The molecule has 0 aromatic heterocycles. The molecule has 6 rings (SSSR count). The van der Waals surface area contributed by atoms with Crippen molar-refractivity contribution in [2.75, 3.05) is 44.7 Å². The van der Waals surface area contributed by atoms with Gasteiger partial charge in [-0.05, 0) is 72.5 Å². The molecule has 44 heavy (non-hydrogen) atoms. The normalized spacial score (nSPS) is 17.9. The van der Waals surface area contributed by atoms with E-state index in [1.807, 2.05) is 36.4 Å². The van der Waals surface area contributed by atoms with Gasteiger partial charge in [-0.2, -0.15) is 4.31 Å². The number of sulfonamides is 1. The van der Waals surface area contributed by atoms with Crippen LogP contribution >= 0.6 is 0 Å². The SMILES string of the molecule is O=C(Nc1ccc(S(=O)(=O)N2CCN(C(c3ccccc3)c3ccccc3)CC2)cc1)c1ccc(OCC2CCCO2)cc1. The smallest absolute Gasteiger partial charge is 0.255 e. The van der Waals surface area contributed by atoms with Gasteiger partial charge < -0.3 is 14.8 Å². The molecule has 2 aliphatic heterocycles. The summed E-state index contributed by atoms with van der Waals surface area (Å²) >= 11 is 0. The van der Waals surface area contributed by atoms with E-state index in [1.165, 1.54) is 11.1 Å². The molecule has 1 unspecified atom stereocenters. The summed E-state index contributed by atoms with van der Waals surface area (Å²) in [6.45, 7) is 3.29. The molecule has 1 atom stereocenters. The third-order valence-corrected chi connectivity index (χ3v) is 10.1. The molecule has 0 bridgehead atoms. The van der Waals surface area contributed by atoms with Crippen LogP contribution in [0.1, 0.15) is 40.4 Å². The standard InChI is InChI=1S/C35H37N3O5S/c39-35(29-13-17-31(18-14-29)43-26-32-12-7-25-42-32)36-30-15-19-33(20-16-30)44(40,41)38-23-21-37(22-24-38)34(27-8-3-1-4-9-27)28-10-5-2-6-11-28/h1-6,8-11,13-20,32,34H,7,12,21-26H2,(H,36,39). The molecular weight excluding hydrogens is 574 g/mol. The lowest BCUT2D eigenvalue weighted by Gasteiger charge is -2.39. The van der Waals surface area contributed by atoms with Gasteiger partial charge in [0.15, 0.2) is 0 Å². The lowest BCUT2D eigenvalue weighted by atomic mass is 9.96. The minimum Gasteiger partial charge on any atom is -0.491 e.